The molecule has 20 heavy (non-hydrogen) atoms. The van der Waals surface area contributed by atoms with Gasteiger partial charge in [-0.25, -0.2) is 0 Å². The number of ether oxygens (including phenoxy) is 1. The Morgan fingerprint density at radius 3 is 2.65 bits per heavy atom. The van der Waals surface area contributed by atoms with Gasteiger partial charge >= 0.3 is 0 Å². The van der Waals surface area contributed by atoms with Gasteiger partial charge < -0.3 is 4.74 Å². The monoisotopic (exact) mass is 267 g/mol. The molecule has 1 aromatic heterocycles. The van der Waals surface area contributed by atoms with E-state index in [0.29, 0.717) is 17.4 Å². The zero-order chi connectivity index (χ0) is 13.9. The minimum absolute atomic E-state index is 0.0274. The van der Waals surface area contributed by atoms with Gasteiger partial charge in [0.15, 0.2) is 0 Å². The Bertz CT molecular complexity index is 615. The van der Waals surface area contributed by atoms with Crippen LogP contribution in [-0.2, 0) is 6.42 Å². The number of rotatable bonds is 5. The summed E-state index contributed by atoms with van der Waals surface area (Å²) in [5, 5.41) is 0. The van der Waals surface area contributed by atoms with Crippen molar-refractivity contribution >= 4 is 5.78 Å². The maximum Gasteiger partial charge on any atom is 0.211 e. The Morgan fingerprint density at radius 2 is 2.00 bits per heavy atom. The number of hydrogen-bond donors (Lipinski definition) is 0. The van der Waals surface area contributed by atoms with E-state index < -0.39 is 0 Å². The zero-order valence-electron chi connectivity index (χ0n) is 11.5. The van der Waals surface area contributed by atoms with Crippen LogP contribution in [0.2, 0.25) is 0 Å². The molecule has 0 atom stereocenters. The van der Waals surface area contributed by atoms with Crippen LogP contribution in [0.5, 0.6) is 5.75 Å². The Kier molecular flexibility index (Phi) is 3.50. The maximum absolute atomic E-state index is 12.5. The highest BCUT2D eigenvalue weighted by Gasteiger charge is 2.23. The molecule has 0 saturated heterocycles. The van der Waals surface area contributed by atoms with Crippen LogP contribution in [0.1, 0.15) is 41.4 Å². The summed E-state index contributed by atoms with van der Waals surface area (Å²) in [5.41, 5.74) is 2.18. The molecule has 1 aromatic carbocycles. The molecule has 0 radical (unpaired) electrons. The molecule has 0 amide bonds. The largest absolute Gasteiger partial charge is 0.490 e. The lowest BCUT2D eigenvalue weighted by Gasteiger charge is -2.07. The molecule has 0 spiro atoms. The van der Waals surface area contributed by atoms with Crippen molar-refractivity contribution in [2.24, 2.45) is 0 Å². The van der Waals surface area contributed by atoms with Crippen LogP contribution in [0.4, 0.5) is 0 Å². The number of aryl methyl sites for hydroxylation is 1. The van der Waals surface area contributed by atoms with Crippen LogP contribution >= 0.6 is 0 Å². The summed E-state index contributed by atoms with van der Waals surface area (Å²) in [6.45, 7) is 2.03. The van der Waals surface area contributed by atoms with Gasteiger partial charge in [0.2, 0.25) is 5.78 Å². The molecule has 3 nitrogen and oxygen atoms in total. The number of hydrogen-bond acceptors (Lipinski definition) is 3. The highest BCUT2D eigenvalue weighted by atomic mass is 16.5. The van der Waals surface area contributed by atoms with Crippen molar-refractivity contribution < 1.29 is 9.53 Å². The third-order valence-electron chi connectivity index (χ3n) is 3.43. The van der Waals surface area contributed by atoms with Crippen molar-refractivity contribution in [1.82, 2.24) is 4.98 Å². The molecule has 1 aliphatic rings. The number of ketones is 1. The standard InChI is InChI=1S/C17H17NO2/c1-2-12-4-3-11-18-16(12)17(19)13-5-7-14(8-6-13)20-15-9-10-15/h3-8,11,15H,2,9-10H2,1H3. The first-order valence-corrected chi connectivity index (χ1v) is 7.03. The average molecular weight is 267 g/mol. The molecule has 1 heterocycles. The van der Waals surface area contributed by atoms with Crippen molar-refractivity contribution in [1.29, 1.82) is 0 Å². The zero-order valence-corrected chi connectivity index (χ0v) is 11.5. The molecule has 0 unspecified atom stereocenters. The first-order chi connectivity index (χ1) is 9.78. The van der Waals surface area contributed by atoms with Gasteiger partial charge in [0, 0.05) is 11.8 Å². The van der Waals surface area contributed by atoms with Crippen LogP contribution in [0.15, 0.2) is 42.6 Å². The van der Waals surface area contributed by atoms with Gasteiger partial charge in [-0.2, -0.15) is 0 Å². The predicted octanol–water partition coefficient (Wildman–Crippen LogP) is 3.42. The van der Waals surface area contributed by atoms with E-state index >= 15 is 0 Å². The molecule has 102 valence electrons. The Morgan fingerprint density at radius 1 is 1.25 bits per heavy atom. The number of aromatic nitrogens is 1. The van der Waals surface area contributed by atoms with E-state index in [1.165, 1.54) is 0 Å². The molecular formula is C17H17NO2. The fourth-order valence-electron chi connectivity index (χ4n) is 2.13. The lowest BCUT2D eigenvalue weighted by Crippen LogP contribution is -2.07. The molecule has 2 aromatic rings. The molecule has 1 aliphatic carbocycles. The number of nitrogens with zero attached hydrogens (tertiary/aromatic N) is 1. The van der Waals surface area contributed by atoms with Crippen LogP contribution < -0.4 is 4.74 Å². The van der Waals surface area contributed by atoms with E-state index in [-0.39, 0.29) is 5.78 Å². The van der Waals surface area contributed by atoms with Crippen LogP contribution in [-0.4, -0.2) is 16.9 Å². The Labute approximate surface area is 118 Å². The van der Waals surface area contributed by atoms with E-state index in [1.54, 1.807) is 6.20 Å². The first-order valence-electron chi connectivity index (χ1n) is 7.03. The smallest absolute Gasteiger partial charge is 0.211 e. The minimum Gasteiger partial charge on any atom is -0.490 e. The normalized spacial score (nSPS) is 14.1. The van der Waals surface area contributed by atoms with Crippen molar-refractivity contribution in [2.45, 2.75) is 32.3 Å². The summed E-state index contributed by atoms with van der Waals surface area (Å²) >= 11 is 0. The van der Waals surface area contributed by atoms with Gasteiger partial charge in [0.1, 0.15) is 11.4 Å². The summed E-state index contributed by atoms with van der Waals surface area (Å²) in [5.74, 6) is 0.807. The second-order valence-electron chi connectivity index (χ2n) is 5.04. The van der Waals surface area contributed by atoms with Gasteiger partial charge in [-0.1, -0.05) is 13.0 Å². The van der Waals surface area contributed by atoms with E-state index in [0.717, 1.165) is 30.6 Å². The predicted molar refractivity (Wildman–Crippen MR) is 77.1 cm³/mol. The molecule has 0 aliphatic heterocycles. The molecule has 0 N–H and O–H groups in total. The summed E-state index contributed by atoms with van der Waals surface area (Å²) in [6, 6.07) is 11.2. The van der Waals surface area contributed by atoms with Crippen molar-refractivity contribution in [2.75, 3.05) is 0 Å². The highest BCUT2D eigenvalue weighted by Crippen LogP contribution is 2.27. The molecule has 1 saturated carbocycles. The summed E-state index contributed by atoms with van der Waals surface area (Å²) < 4.78 is 5.68. The van der Waals surface area contributed by atoms with E-state index in [9.17, 15) is 4.79 Å². The SMILES string of the molecule is CCc1cccnc1C(=O)c1ccc(OC2CC2)cc1. The lowest BCUT2D eigenvalue weighted by molar-refractivity contribution is 0.103. The maximum atomic E-state index is 12.5. The number of pyridine rings is 1. The van der Waals surface area contributed by atoms with Gasteiger partial charge in [-0.3, -0.25) is 9.78 Å². The number of carbonyl (C=O) groups is 1. The summed E-state index contributed by atoms with van der Waals surface area (Å²) in [7, 11) is 0. The fourth-order valence-corrected chi connectivity index (χ4v) is 2.13. The second-order valence-corrected chi connectivity index (χ2v) is 5.04. The molecular weight excluding hydrogens is 250 g/mol. The lowest BCUT2D eigenvalue weighted by atomic mass is 10.0. The topological polar surface area (TPSA) is 39.2 Å². The minimum atomic E-state index is -0.0274. The van der Waals surface area contributed by atoms with Crippen molar-refractivity contribution in [3.63, 3.8) is 0 Å². The third kappa shape index (κ3) is 2.72. The van der Waals surface area contributed by atoms with E-state index in [2.05, 4.69) is 4.98 Å². The van der Waals surface area contributed by atoms with E-state index in [4.69, 9.17) is 4.74 Å². The Hall–Kier alpha value is -2.16. The average Bonchev–Trinajstić information content (AvgIpc) is 3.31. The van der Waals surface area contributed by atoms with E-state index in [1.807, 2.05) is 43.3 Å². The second kappa shape index (κ2) is 5.45. The molecule has 1 fully saturated rings. The molecule has 3 rings (SSSR count). The van der Waals surface area contributed by atoms with Crippen LogP contribution in [0.25, 0.3) is 0 Å². The van der Waals surface area contributed by atoms with Crippen LogP contribution in [0, 0.1) is 0 Å². The van der Waals surface area contributed by atoms with Crippen molar-refractivity contribution in [3.8, 4) is 5.75 Å². The Balaban J connectivity index is 1.82. The quantitative estimate of drug-likeness (QED) is 0.779. The summed E-state index contributed by atoms with van der Waals surface area (Å²) in [4.78, 5) is 16.7. The van der Waals surface area contributed by atoms with Gasteiger partial charge in [-0.05, 0) is 55.2 Å². The number of benzene rings is 1. The highest BCUT2D eigenvalue weighted by molar-refractivity contribution is 6.08. The van der Waals surface area contributed by atoms with Gasteiger partial charge in [0.05, 0.1) is 6.10 Å². The van der Waals surface area contributed by atoms with Crippen LogP contribution in [0.3, 0.4) is 0 Å². The fraction of sp³-hybridized carbons (Fsp3) is 0.294. The van der Waals surface area contributed by atoms with Gasteiger partial charge in [0.25, 0.3) is 0 Å². The number of carbonyl (C=O) groups excluding carboxylic acids is 1. The first kappa shape index (κ1) is 12.9. The summed E-state index contributed by atoms with van der Waals surface area (Å²) in [6.07, 6.45) is 5.11. The third-order valence-corrected chi connectivity index (χ3v) is 3.43. The molecule has 3 heteroatoms. The van der Waals surface area contributed by atoms with Crippen molar-refractivity contribution in [3.05, 3.63) is 59.4 Å². The van der Waals surface area contributed by atoms with Gasteiger partial charge in [-0.15, -0.1) is 0 Å². The molecule has 0 bridgehead atoms.